The summed E-state index contributed by atoms with van der Waals surface area (Å²) in [4.78, 5) is 16.1. The number of hydrogen-bond donors (Lipinski definition) is 4. The lowest BCUT2D eigenvalue weighted by Crippen LogP contribution is -2.47. The number of hydrogen-bond acceptors (Lipinski definition) is 11. The molecule has 0 aliphatic carbocycles. The van der Waals surface area contributed by atoms with Crippen LogP contribution in [0.5, 0.6) is 0 Å². The lowest BCUT2D eigenvalue weighted by atomic mass is 10.1. The summed E-state index contributed by atoms with van der Waals surface area (Å²) in [6, 6.07) is 9.18. The van der Waals surface area contributed by atoms with Gasteiger partial charge >= 0.3 is 0 Å². The standard InChI is InChI=1S/C51H75F2N11/c1-12-24-60-25-26-61(36-38(2)3)28-29-62(39(4)5)31-32-63(30-27-60)43(9)19-18-41(7)56-23-22-55-40(6)16-17-42(8)59-49-15-13-14-48-47(20-21-57-50(48)49)45(11)58-35-44(10)64-37-51(52,53)33-46(64)34-54/h12-15,20-21,43,46,55-56,58-59H,1-2,4,6-8,10-11,16-19,22-33,35-37H2,3,5,9H3. The number of nitrogens with zero attached hydrogens (tertiary/aromatic N) is 7. The number of rotatable bonds is 24. The van der Waals surface area contributed by atoms with Crippen LogP contribution >= 0.6 is 0 Å². The maximum atomic E-state index is 14.0. The molecule has 13 heteroatoms. The molecule has 2 fully saturated rings. The van der Waals surface area contributed by atoms with Crippen LogP contribution in [0.2, 0.25) is 0 Å². The summed E-state index contributed by atoms with van der Waals surface area (Å²) in [5.41, 5.74) is 8.50. The first-order chi connectivity index (χ1) is 30.5. The van der Waals surface area contributed by atoms with E-state index in [0.29, 0.717) is 30.3 Å². The van der Waals surface area contributed by atoms with Crippen molar-refractivity contribution in [3.8, 4) is 6.07 Å². The third-order valence-electron chi connectivity index (χ3n) is 12.0. The van der Waals surface area contributed by atoms with Gasteiger partial charge in [0.25, 0.3) is 5.92 Å². The predicted octanol–water partition coefficient (Wildman–Crippen LogP) is 8.14. The van der Waals surface area contributed by atoms with Crippen molar-refractivity contribution in [1.29, 1.82) is 5.26 Å². The fraction of sp³-hybridized carbons (Fsp3) is 0.490. The molecule has 2 aliphatic heterocycles. The number of halogens is 2. The molecule has 348 valence electrons. The van der Waals surface area contributed by atoms with Gasteiger partial charge in [-0.25, -0.2) is 8.78 Å². The van der Waals surface area contributed by atoms with Crippen LogP contribution in [0.25, 0.3) is 16.6 Å². The van der Waals surface area contributed by atoms with Crippen molar-refractivity contribution in [2.24, 2.45) is 0 Å². The highest BCUT2D eigenvalue weighted by Crippen LogP contribution is 2.34. The molecule has 2 aromatic rings. The van der Waals surface area contributed by atoms with Crippen molar-refractivity contribution in [3.05, 3.63) is 129 Å². The van der Waals surface area contributed by atoms with Crippen molar-refractivity contribution in [1.82, 2.24) is 45.4 Å². The van der Waals surface area contributed by atoms with Gasteiger partial charge in [-0.2, -0.15) is 5.26 Å². The number of allylic oxidation sites excluding steroid dienone is 4. The van der Waals surface area contributed by atoms with Crippen LogP contribution in [0.15, 0.2) is 123 Å². The van der Waals surface area contributed by atoms with Gasteiger partial charge in [-0.15, -0.1) is 6.58 Å². The number of pyridine rings is 1. The number of fused-ring (bicyclic) bond motifs is 1. The molecule has 2 unspecified atom stereocenters. The molecule has 2 aliphatic rings. The molecular formula is C51H75F2N11. The van der Waals surface area contributed by atoms with Gasteiger partial charge in [0.2, 0.25) is 0 Å². The van der Waals surface area contributed by atoms with E-state index in [9.17, 15) is 14.0 Å². The molecule has 2 atom stereocenters. The molecule has 0 radical (unpaired) electrons. The SMILES string of the molecule is C=CCN1CCN(CC(=C)C)CCN(C(=C)C)CCN(C(C)CCC(=C)NCCNC(=C)CCC(=C)Nc2cccc3c(C(=C)NCC(=C)N4CC(F)(F)CC4C#N)ccnc23)CC1. The molecule has 11 nitrogen and oxygen atoms in total. The number of likely N-dealkylation sites (tertiary alicyclic amines) is 1. The zero-order valence-electron chi connectivity index (χ0n) is 39.1. The molecule has 1 aromatic carbocycles. The summed E-state index contributed by atoms with van der Waals surface area (Å²) in [6.07, 6.45) is 6.54. The van der Waals surface area contributed by atoms with Gasteiger partial charge in [0.05, 0.1) is 30.4 Å². The Morgan fingerprint density at radius 2 is 1.52 bits per heavy atom. The average Bonchev–Trinajstić information content (AvgIpc) is 3.58. The molecule has 3 heterocycles. The Balaban J connectivity index is 1.18. The van der Waals surface area contributed by atoms with E-state index >= 15 is 0 Å². The molecule has 0 saturated carbocycles. The number of alkyl halides is 2. The lowest BCUT2D eigenvalue weighted by Gasteiger charge is -2.37. The van der Waals surface area contributed by atoms with Gasteiger partial charge in [0, 0.05) is 142 Å². The number of nitriles is 1. The van der Waals surface area contributed by atoms with E-state index in [1.807, 2.05) is 36.4 Å². The number of aromatic nitrogens is 1. The molecule has 0 amide bonds. The van der Waals surface area contributed by atoms with Gasteiger partial charge in [-0.1, -0.05) is 69.8 Å². The molecular weight excluding hydrogens is 805 g/mol. The Labute approximate surface area is 383 Å². The summed E-state index contributed by atoms with van der Waals surface area (Å²) in [5.74, 6) is -2.92. The van der Waals surface area contributed by atoms with Gasteiger partial charge < -0.3 is 31.1 Å². The molecule has 0 spiro atoms. The minimum Gasteiger partial charge on any atom is -0.387 e. The maximum absolute atomic E-state index is 14.0. The number of anilines is 1. The summed E-state index contributed by atoms with van der Waals surface area (Å²) in [7, 11) is 0. The zero-order valence-corrected chi connectivity index (χ0v) is 39.1. The molecule has 0 bridgehead atoms. The van der Waals surface area contributed by atoms with Crippen molar-refractivity contribution < 1.29 is 8.78 Å². The predicted molar refractivity (Wildman–Crippen MR) is 264 cm³/mol. The first kappa shape index (κ1) is 51.2. The highest BCUT2D eigenvalue weighted by molar-refractivity contribution is 5.97. The number of para-hydroxylation sites is 1. The number of benzene rings is 1. The van der Waals surface area contributed by atoms with Crippen molar-refractivity contribution in [2.45, 2.75) is 70.9 Å². The van der Waals surface area contributed by atoms with Crippen molar-refractivity contribution in [3.63, 3.8) is 0 Å². The number of nitrogens with one attached hydrogen (secondary N) is 4. The first-order valence-corrected chi connectivity index (χ1v) is 22.7. The van der Waals surface area contributed by atoms with Gasteiger partial charge in [-0.3, -0.25) is 19.7 Å². The van der Waals surface area contributed by atoms with Crippen molar-refractivity contribution >= 4 is 22.3 Å². The van der Waals surface area contributed by atoms with Crippen LogP contribution in [0, 0.1) is 11.3 Å². The minimum atomic E-state index is -2.92. The smallest absolute Gasteiger partial charge is 0.268 e. The van der Waals surface area contributed by atoms with Gasteiger partial charge in [0.1, 0.15) is 6.04 Å². The van der Waals surface area contributed by atoms with Crippen molar-refractivity contribution in [2.75, 3.05) is 96.9 Å². The van der Waals surface area contributed by atoms with Crippen LogP contribution in [-0.2, 0) is 0 Å². The van der Waals surface area contributed by atoms with E-state index in [1.165, 1.54) is 10.5 Å². The Bertz CT molecular complexity index is 2020. The second kappa shape index (κ2) is 25.2. The zero-order chi connectivity index (χ0) is 46.8. The normalized spacial score (nSPS) is 18.2. The molecule has 4 rings (SSSR count). The average molecular weight is 880 g/mol. The molecule has 64 heavy (non-hydrogen) atoms. The van der Waals surface area contributed by atoms with Crippen LogP contribution in [0.3, 0.4) is 0 Å². The fourth-order valence-corrected chi connectivity index (χ4v) is 8.22. The Morgan fingerprint density at radius 1 is 0.875 bits per heavy atom. The summed E-state index contributed by atoms with van der Waals surface area (Å²) < 4.78 is 28.0. The molecule has 1 aromatic heterocycles. The van der Waals surface area contributed by atoms with E-state index in [-0.39, 0.29) is 6.54 Å². The van der Waals surface area contributed by atoms with E-state index < -0.39 is 24.9 Å². The minimum absolute atomic E-state index is 0.176. The maximum Gasteiger partial charge on any atom is 0.268 e. The van der Waals surface area contributed by atoms with Crippen LogP contribution in [0.1, 0.15) is 58.4 Å². The highest BCUT2D eigenvalue weighted by Gasteiger charge is 2.45. The van der Waals surface area contributed by atoms with Gasteiger partial charge in [0.15, 0.2) is 0 Å². The van der Waals surface area contributed by atoms with Crippen LogP contribution < -0.4 is 21.3 Å². The first-order valence-electron chi connectivity index (χ1n) is 22.7. The lowest BCUT2D eigenvalue weighted by molar-refractivity contribution is 0.0147. The molecule has 2 saturated heterocycles. The van der Waals surface area contributed by atoms with E-state index in [4.69, 9.17) is 0 Å². The van der Waals surface area contributed by atoms with Crippen LogP contribution in [-0.4, -0.2) is 139 Å². The second-order valence-electron chi connectivity index (χ2n) is 17.5. The highest BCUT2D eigenvalue weighted by atomic mass is 19.3. The third-order valence-corrected chi connectivity index (χ3v) is 12.0. The van der Waals surface area contributed by atoms with E-state index in [2.05, 4.69) is 119 Å². The summed E-state index contributed by atoms with van der Waals surface area (Å²) in [5, 5.41) is 23.9. The largest absolute Gasteiger partial charge is 0.387 e. The quantitative estimate of drug-likeness (QED) is 0.0608. The Hall–Kier alpha value is -5.42. The topological polar surface area (TPSA) is 101 Å². The van der Waals surface area contributed by atoms with Crippen LogP contribution in [0.4, 0.5) is 14.5 Å². The monoisotopic (exact) mass is 880 g/mol. The second-order valence-corrected chi connectivity index (χ2v) is 17.5. The molecule has 4 N–H and O–H groups in total. The summed E-state index contributed by atoms with van der Waals surface area (Å²) in [6.45, 7) is 50.9. The van der Waals surface area contributed by atoms with E-state index in [1.54, 1.807) is 6.20 Å². The summed E-state index contributed by atoms with van der Waals surface area (Å²) >= 11 is 0. The fourth-order valence-electron chi connectivity index (χ4n) is 8.22. The van der Waals surface area contributed by atoms with Gasteiger partial charge in [-0.05, 0) is 58.6 Å². The Morgan fingerprint density at radius 3 is 2.20 bits per heavy atom. The third kappa shape index (κ3) is 16.3. The Kier molecular flexibility index (Phi) is 20.1. The van der Waals surface area contributed by atoms with E-state index in [0.717, 1.165) is 136 Å².